The highest BCUT2D eigenvalue weighted by Crippen LogP contribution is 2.12. The number of hydrogen-bond donors (Lipinski definition) is 1. The third-order valence-corrected chi connectivity index (χ3v) is 4.00. The van der Waals surface area contributed by atoms with Crippen LogP contribution in [0.4, 0.5) is 0 Å². The van der Waals surface area contributed by atoms with Gasteiger partial charge in [0.2, 0.25) is 0 Å². The second-order valence-corrected chi connectivity index (χ2v) is 6.44. The molecular weight excluding hydrogens is 242 g/mol. The summed E-state index contributed by atoms with van der Waals surface area (Å²) in [6, 6.07) is 1.21. The molecule has 1 aromatic rings. The summed E-state index contributed by atoms with van der Waals surface area (Å²) in [7, 11) is 2.19. The van der Waals surface area contributed by atoms with Crippen LogP contribution >= 0.6 is 11.3 Å². The molecule has 18 heavy (non-hydrogen) atoms. The smallest absolute Gasteiger partial charge is 0.0897 e. The van der Waals surface area contributed by atoms with Gasteiger partial charge in [0.25, 0.3) is 0 Å². The van der Waals surface area contributed by atoms with Crippen LogP contribution in [0, 0.1) is 6.92 Å². The van der Waals surface area contributed by atoms with Crippen LogP contribution in [0.2, 0.25) is 0 Å². The van der Waals surface area contributed by atoms with Crippen molar-refractivity contribution in [2.45, 2.75) is 59.2 Å². The summed E-state index contributed by atoms with van der Waals surface area (Å²) >= 11 is 1.74. The highest BCUT2D eigenvalue weighted by molar-refractivity contribution is 7.09. The summed E-state index contributed by atoms with van der Waals surface area (Å²) in [5.74, 6) is 0. The Hall–Kier alpha value is -0.450. The normalized spacial score (nSPS) is 13.5. The zero-order chi connectivity index (χ0) is 13.5. The Balaban J connectivity index is 2.22. The van der Waals surface area contributed by atoms with Gasteiger partial charge in [0, 0.05) is 24.0 Å². The van der Waals surface area contributed by atoms with Gasteiger partial charge in [-0.3, -0.25) is 4.90 Å². The monoisotopic (exact) mass is 269 g/mol. The number of aryl methyl sites for hydroxylation is 1. The third kappa shape index (κ3) is 5.94. The molecular formula is C14H27N3S. The highest BCUT2D eigenvalue weighted by Gasteiger charge is 2.10. The summed E-state index contributed by atoms with van der Waals surface area (Å²) in [5.41, 5.74) is 1.20. The number of nitrogens with one attached hydrogen (secondary N) is 1. The lowest BCUT2D eigenvalue weighted by Crippen LogP contribution is -2.30. The average Bonchev–Trinajstić information content (AvgIpc) is 2.69. The molecule has 0 fully saturated rings. The lowest BCUT2D eigenvalue weighted by atomic mass is 10.1. The molecule has 0 saturated carbocycles. The van der Waals surface area contributed by atoms with Crippen LogP contribution in [0.15, 0.2) is 5.38 Å². The van der Waals surface area contributed by atoms with Crippen molar-refractivity contribution < 1.29 is 0 Å². The maximum atomic E-state index is 4.52. The fraction of sp³-hybridized carbons (Fsp3) is 0.786. The maximum absolute atomic E-state index is 4.52. The summed E-state index contributed by atoms with van der Waals surface area (Å²) in [5, 5.41) is 6.79. The maximum Gasteiger partial charge on any atom is 0.0897 e. The SMILES string of the molecule is Cc1nc(CN(C)C(C)CCCNC(C)C)cs1. The lowest BCUT2D eigenvalue weighted by molar-refractivity contribution is 0.232. The van der Waals surface area contributed by atoms with E-state index in [9.17, 15) is 0 Å². The summed E-state index contributed by atoms with van der Waals surface area (Å²) < 4.78 is 0. The Kier molecular flexibility index (Phi) is 6.82. The lowest BCUT2D eigenvalue weighted by Gasteiger charge is -2.24. The minimum Gasteiger partial charge on any atom is -0.315 e. The molecule has 0 saturated heterocycles. The molecule has 0 radical (unpaired) electrons. The molecule has 0 bridgehead atoms. The van der Waals surface area contributed by atoms with Crippen molar-refractivity contribution >= 4 is 11.3 Å². The van der Waals surface area contributed by atoms with Crippen LogP contribution in [0.3, 0.4) is 0 Å². The van der Waals surface area contributed by atoms with E-state index in [-0.39, 0.29) is 0 Å². The van der Waals surface area contributed by atoms with Crippen LogP contribution in [-0.4, -0.2) is 35.6 Å². The van der Waals surface area contributed by atoms with Gasteiger partial charge in [-0.05, 0) is 40.3 Å². The largest absolute Gasteiger partial charge is 0.315 e. The van der Waals surface area contributed by atoms with Gasteiger partial charge in [-0.2, -0.15) is 0 Å². The van der Waals surface area contributed by atoms with Gasteiger partial charge in [0.1, 0.15) is 0 Å². The van der Waals surface area contributed by atoms with Gasteiger partial charge in [0.05, 0.1) is 10.7 Å². The van der Waals surface area contributed by atoms with Crippen molar-refractivity contribution in [1.29, 1.82) is 0 Å². The van der Waals surface area contributed by atoms with Gasteiger partial charge < -0.3 is 5.32 Å². The van der Waals surface area contributed by atoms with E-state index < -0.39 is 0 Å². The number of nitrogens with zero attached hydrogens (tertiary/aromatic N) is 2. The predicted molar refractivity (Wildman–Crippen MR) is 80.2 cm³/mol. The van der Waals surface area contributed by atoms with Crippen molar-refractivity contribution in [3.63, 3.8) is 0 Å². The van der Waals surface area contributed by atoms with Crippen molar-refractivity contribution in [1.82, 2.24) is 15.2 Å². The molecule has 4 heteroatoms. The summed E-state index contributed by atoms with van der Waals surface area (Å²) in [4.78, 5) is 6.91. The van der Waals surface area contributed by atoms with Crippen molar-refractivity contribution in [3.05, 3.63) is 16.1 Å². The molecule has 0 spiro atoms. The number of aromatic nitrogens is 1. The number of hydrogen-bond acceptors (Lipinski definition) is 4. The summed E-state index contributed by atoms with van der Waals surface area (Å²) in [6.45, 7) is 10.8. The molecule has 1 N–H and O–H groups in total. The van der Waals surface area contributed by atoms with Crippen LogP contribution in [0.25, 0.3) is 0 Å². The van der Waals surface area contributed by atoms with Crippen LogP contribution < -0.4 is 5.32 Å². The van der Waals surface area contributed by atoms with Gasteiger partial charge in [-0.1, -0.05) is 13.8 Å². The van der Waals surface area contributed by atoms with Gasteiger partial charge in [-0.25, -0.2) is 4.98 Å². The Morgan fingerprint density at radius 3 is 2.67 bits per heavy atom. The Morgan fingerprint density at radius 2 is 2.11 bits per heavy atom. The topological polar surface area (TPSA) is 28.2 Å². The van der Waals surface area contributed by atoms with Crippen LogP contribution in [0.1, 0.15) is 44.3 Å². The van der Waals surface area contributed by atoms with E-state index in [4.69, 9.17) is 0 Å². The van der Waals surface area contributed by atoms with E-state index in [0.717, 1.165) is 18.1 Å². The number of thiazole rings is 1. The molecule has 1 unspecified atom stereocenters. The second kappa shape index (κ2) is 7.87. The fourth-order valence-corrected chi connectivity index (χ4v) is 2.50. The fourth-order valence-electron chi connectivity index (χ4n) is 1.90. The van der Waals surface area contributed by atoms with Crippen molar-refractivity contribution in [2.24, 2.45) is 0 Å². The Morgan fingerprint density at radius 1 is 1.39 bits per heavy atom. The van der Waals surface area contributed by atoms with Gasteiger partial charge >= 0.3 is 0 Å². The van der Waals surface area contributed by atoms with E-state index in [1.54, 1.807) is 11.3 Å². The number of rotatable bonds is 8. The van der Waals surface area contributed by atoms with Crippen molar-refractivity contribution in [2.75, 3.05) is 13.6 Å². The molecule has 0 aliphatic carbocycles. The minimum absolute atomic E-state index is 0.594. The van der Waals surface area contributed by atoms with Crippen LogP contribution in [0.5, 0.6) is 0 Å². The zero-order valence-electron chi connectivity index (χ0n) is 12.4. The van der Waals surface area contributed by atoms with Gasteiger partial charge in [0.15, 0.2) is 0 Å². The van der Waals surface area contributed by atoms with E-state index in [1.807, 2.05) is 0 Å². The molecule has 1 aromatic heterocycles. The first-order chi connectivity index (χ1) is 8.49. The third-order valence-electron chi connectivity index (χ3n) is 3.18. The standard InChI is InChI=1S/C14H27N3S/c1-11(2)15-8-6-7-12(3)17(5)9-14-10-18-13(4)16-14/h10-12,15H,6-9H2,1-5H3. The van der Waals surface area contributed by atoms with E-state index in [1.165, 1.54) is 18.5 Å². The van der Waals surface area contributed by atoms with Gasteiger partial charge in [-0.15, -0.1) is 11.3 Å². The zero-order valence-corrected chi connectivity index (χ0v) is 13.2. The highest BCUT2D eigenvalue weighted by atomic mass is 32.1. The first-order valence-corrected chi connectivity index (χ1v) is 7.71. The molecule has 0 aliphatic rings. The molecule has 1 atom stereocenters. The molecule has 3 nitrogen and oxygen atoms in total. The Labute approximate surface area is 116 Å². The molecule has 0 amide bonds. The van der Waals surface area contributed by atoms with E-state index in [2.05, 4.69) is 55.3 Å². The second-order valence-electron chi connectivity index (χ2n) is 5.37. The first kappa shape index (κ1) is 15.6. The molecule has 1 rings (SSSR count). The van der Waals surface area contributed by atoms with E-state index >= 15 is 0 Å². The van der Waals surface area contributed by atoms with Crippen LogP contribution in [-0.2, 0) is 6.54 Å². The molecule has 104 valence electrons. The summed E-state index contributed by atoms with van der Waals surface area (Å²) in [6.07, 6.45) is 2.47. The molecule has 0 aliphatic heterocycles. The predicted octanol–water partition coefficient (Wildman–Crippen LogP) is 3.05. The Bertz CT molecular complexity index is 336. The average molecular weight is 269 g/mol. The molecule has 1 heterocycles. The van der Waals surface area contributed by atoms with Crippen molar-refractivity contribution in [3.8, 4) is 0 Å². The van der Waals surface area contributed by atoms with E-state index in [0.29, 0.717) is 12.1 Å². The molecule has 0 aromatic carbocycles. The first-order valence-electron chi connectivity index (χ1n) is 6.83. The quantitative estimate of drug-likeness (QED) is 0.735. The minimum atomic E-state index is 0.594.